The molecule has 6 heteroatoms. The average molecular weight is 448 g/mol. The maximum Gasteiger partial charge on any atom is 0.157 e. The van der Waals surface area contributed by atoms with Crippen LogP contribution in [0.5, 0.6) is 0 Å². The third-order valence-corrected chi connectivity index (χ3v) is 7.68. The van der Waals surface area contributed by atoms with Gasteiger partial charge in [-0.2, -0.15) is 9.61 Å². The summed E-state index contributed by atoms with van der Waals surface area (Å²) in [6.45, 7) is 10.9. The maximum absolute atomic E-state index is 13.8. The lowest BCUT2D eigenvalue weighted by molar-refractivity contribution is 0.163. The Kier molecular flexibility index (Phi) is 5.63. The Morgan fingerprint density at radius 1 is 1.06 bits per heavy atom. The molecule has 5 rings (SSSR count). The van der Waals surface area contributed by atoms with Crippen molar-refractivity contribution in [2.24, 2.45) is 0 Å². The minimum Gasteiger partial charge on any atom is -0.366 e. The highest BCUT2D eigenvalue weighted by atomic mass is 19.1. The normalized spacial score (nSPS) is 24.4. The molecule has 2 unspecified atom stereocenters. The Morgan fingerprint density at radius 3 is 2.61 bits per heavy atom. The van der Waals surface area contributed by atoms with Gasteiger partial charge in [-0.1, -0.05) is 32.1 Å². The molecule has 5 nitrogen and oxygen atoms in total. The van der Waals surface area contributed by atoms with Crippen molar-refractivity contribution in [2.75, 3.05) is 25.0 Å². The van der Waals surface area contributed by atoms with Crippen LogP contribution in [0.4, 0.5) is 10.2 Å². The van der Waals surface area contributed by atoms with Crippen LogP contribution in [0.15, 0.2) is 48.7 Å². The van der Waals surface area contributed by atoms with E-state index in [-0.39, 0.29) is 17.3 Å². The van der Waals surface area contributed by atoms with Crippen molar-refractivity contribution >= 4 is 11.5 Å². The van der Waals surface area contributed by atoms with Crippen LogP contribution >= 0.6 is 0 Å². The van der Waals surface area contributed by atoms with Crippen molar-refractivity contribution < 1.29 is 4.39 Å². The van der Waals surface area contributed by atoms with Gasteiger partial charge in [-0.25, -0.2) is 9.37 Å². The minimum absolute atomic E-state index is 0.173. The predicted octanol–water partition coefficient (Wildman–Crippen LogP) is 5.80. The molecule has 4 heterocycles. The SMILES string of the molecule is C=C1N2CCCCC2c2cc3nc(C)cc(n3n2)N(C)CCCCC1(C)c1ccc(F)cc1. The Balaban J connectivity index is 1.63. The molecule has 0 amide bonds. The maximum atomic E-state index is 13.8. The number of hydrogen-bond acceptors (Lipinski definition) is 4. The van der Waals surface area contributed by atoms with Crippen LogP contribution in [0.1, 0.15) is 68.4 Å². The lowest BCUT2D eigenvalue weighted by atomic mass is 9.74. The molecule has 1 aromatic carbocycles. The van der Waals surface area contributed by atoms with Gasteiger partial charge in [0.2, 0.25) is 0 Å². The summed E-state index contributed by atoms with van der Waals surface area (Å²) in [5, 5.41) is 5.08. The summed E-state index contributed by atoms with van der Waals surface area (Å²) in [6.07, 6.45) is 6.47. The average Bonchev–Trinajstić information content (AvgIpc) is 3.24. The number of nitrogens with zero attached hydrogens (tertiary/aromatic N) is 5. The molecule has 0 radical (unpaired) electrons. The molecule has 0 spiro atoms. The van der Waals surface area contributed by atoms with Gasteiger partial charge in [-0.05, 0) is 56.7 Å². The highest BCUT2D eigenvalue weighted by molar-refractivity contribution is 5.52. The molecular weight excluding hydrogens is 413 g/mol. The van der Waals surface area contributed by atoms with Gasteiger partial charge in [0, 0.05) is 49.1 Å². The molecule has 2 atom stereocenters. The van der Waals surface area contributed by atoms with Gasteiger partial charge in [0.15, 0.2) is 5.65 Å². The van der Waals surface area contributed by atoms with Crippen molar-refractivity contribution in [1.29, 1.82) is 0 Å². The molecule has 2 bridgehead atoms. The summed E-state index contributed by atoms with van der Waals surface area (Å²) >= 11 is 0. The fourth-order valence-corrected chi connectivity index (χ4v) is 5.63. The molecule has 174 valence electrons. The van der Waals surface area contributed by atoms with E-state index in [1.807, 2.05) is 16.6 Å². The van der Waals surface area contributed by atoms with E-state index in [2.05, 4.69) is 49.4 Å². The van der Waals surface area contributed by atoms with Crippen molar-refractivity contribution in [3.8, 4) is 0 Å². The van der Waals surface area contributed by atoms with E-state index in [1.54, 1.807) is 12.1 Å². The van der Waals surface area contributed by atoms with Gasteiger partial charge in [-0.15, -0.1) is 0 Å². The molecule has 0 saturated carbocycles. The number of halogens is 1. The Labute approximate surface area is 195 Å². The second-order valence-corrected chi connectivity index (χ2v) is 9.96. The Hall–Kier alpha value is -2.89. The van der Waals surface area contributed by atoms with E-state index >= 15 is 0 Å². The monoisotopic (exact) mass is 447 g/mol. The first kappa shape index (κ1) is 21.9. The van der Waals surface area contributed by atoms with Crippen LogP contribution in [0, 0.1) is 12.7 Å². The van der Waals surface area contributed by atoms with Crippen LogP contribution in [-0.2, 0) is 5.41 Å². The summed E-state index contributed by atoms with van der Waals surface area (Å²) in [7, 11) is 2.14. The first-order valence-corrected chi connectivity index (χ1v) is 12.2. The summed E-state index contributed by atoms with van der Waals surface area (Å²) in [4.78, 5) is 9.55. The van der Waals surface area contributed by atoms with Crippen LogP contribution in [0.2, 0.25) is 0 Å². The molecule has 3 aromatic rings. The van der Waals surface area contributed by atoms with E-state index < -0.39 is 0 Å². The van der Waals surface area contributed by atoms with Crippen molar-refractivity contribution in [3.05, 3.63) is 71.4 Å². The molecule has 2 aliphatic heterocycles. The van der Waals surface area contributed by atoms with Crippen molar-refractivity contribution in [1.82, 2.24) is 19.5 Å². The van der Waals surface area contributed by atoms with Gasteiger partial charge in [0.25, 0.3) is 0 Å². The number of anilines is 1. The van der Waals surface area contributed by atoms with Gasteiger partial charge < -0.3 is 9.80 Å². The fourth-order valence-electron chi connectivity index (χ4n) is 5.63. The number of rotatable bonds is 1. The van der Waals surface area contributed by atoms with Crippen molar-refractivity contribution in [3.63, 3.8) is 0 Å². The third kappa shape index (κ3) is 3.90. The largest absolute Gasteiger partial charge is 0.366 e. The number of allylic oxidation sites excluding steroid dienone is 1. The number of piperidine rings is 1. The number of aromatic nitrogens is 3. The van der Waals surface area contributed by atoms with Crippen LogP contribution < -0.4 is 4.90 Å². The molecule has 2 aliphatic rings. The Morgan fingerprint density at radius 2 is 1.82 bits per heavy atom. The number of fused-ring (bicyclic) bond motifs is 3. The second kappa shape index (κ2) is 8.47. The topological polar surface area (TPSA) is 36.7 Å². The van der Waals surface area contributed by atoms with E-state index in [1.165, 1.54) is 6.42 Å². The summed E-state index contributed by atoms with van der Waals surface area (Å²) in [5.74, 6) is 0.892. The molecule has 2 aromatic heterocycles. The lowest BCUT2D eigenvalue weighted by Crippen LogP contribution is -2.41. The van der Waals surface area contributed by atoms with Crippen LogP contribution in [0.3, 0.4) is 0 Å². The van der Waals surface area contributed by atoms with Crippen LogP contribution in [0.25, 0.3) is 5.65 Å². The summed E-state index contributed by atoms with van der Waals surface area (Å²) in [6, 6.07) is 11.5. The molecular formula is C27H34FN5. The summed E-state index contributed by atoms with van der Waals surface area (Å²) < 4.78 is 15.8. The smallest absolute Gasteiger partial charge is 0.157 e. The second-order valence-electron chi connectivity index (χ2n) is 9.96. The molecule has 1 saturated heterocycles. The summed E-state index contributed by atoms with van der Waals surface area (Å²) in [5.41, 5.74) is 4.97. The predicted molar refractivity (Wildman–Crippen MR) is 131 cm³/mol. The van der Waals surface area contributed by atoms with Gasteiger partial charge in [0.05, 0.1) is 11.7 Å². The van der Waals surface area contributed by atoms with Gasteiger partial charge in [0.1, 0.15) is 11.6 Å². The van der Waals surface area contributed by atoms with E-state index in [0.717, 1.165) is 79.3 Å². The number of hydrogen-bond donors (Lipinski definition) is 0. The van der Waals surface area contributed by atoms with Crippen LogP contribution in [-0.4, -0.2) is 39.6 Å². The van der Waals surface area contributed by atoms with E-state index in [9.17, 15) is 4.39 Å². The highest BCUT2D eigenvalue weighted by Gasteiger charge is 2.38. The molecule has 1 fully saturated rings. The lowest BCUT2D eigenvalue weighted by Gasteiger charge is -2.45. The highest BCUT2D eigenvalue weighted by Crippen LogP contribution is 2.44. The first-order valence-electron chi connectivity index (χ1n) is 12.2. The standard InChI is InChI=1S/C27H34FN5/c1-19-17-26-31(4)15-8-6-14-27(3,21-10-12-22(28)13-11-21)20(2)32-16-7-5-9-24(32)23-18-25(29-19)33(26)30-23/h10-13,17-18,24H,2,5-9,14-16H2,1,3-4H3. The van der Waals surface area contributed by atoms with E-state index in [0.29, 0.717) is 0 Å². The molecule has 33 heavy (non-hydrogen) atoms. The van der Waals surface area contributed by atoms with Crippen molar-refractivity contribution in [2.45, 2.75) is 63.8 Å². The Bertz CT molecular complexity index is 1170. The zero-order valence-electron chi connectivity index (χ0n) is 20.0. The zero-order valence-corrected chi connectivity index (χ0v) is 20.0. The number of aryl methyl sites for hydroxylation is 1. The van der Waals surface area contributed by atoms with Gasteiger partial charge in [-0.3, -0.25) is 0 Å². The van der Waals surface area contributed by atoms with Gasteiger partial charge >= 0.3 is 0 Å². The molecule has 0 aliphatic carbocycles. The first-order chi connectivity index (χ1) is 15.9. The fraction of sp³-hybridized carbons (Fsp3) is 0.481. The molecule has 0 N–H and O–H groups in total. The third-order valence-electron chi connectivity index (χ3n) is 7.68. The minimum atomic E-state index is -0.258. The quantitative estimate of drug-likeness (QED) is 0.473. The van der Waals surface area contributed by atoms with E-state index in [4.69, 9.17) is 10.1 Å². The number of benzene rings is 1. The zero-order chi connectivity index (χ0) is 23.2.